The van der Waals surface area contributed by atoms with Crippen molar-refractivity contribution < 1.29 is 19.2 Å². The predicted molar refractivity (Wildman–Crippen MR) is 95.6 cm³/mol. The van der Waals surface area contributed by atoms with E-state index < -0.39 is 23.4 Å². The van der Waals surface area contributed by atoms with Crippen molar-refractivity contribution in [1.82, 2.24) is 5.32 Å². The van der Waals surface area contributed by atoms with E-state index >= 15 is 0 Å². The van der Waals surface area contributed by atoms with Gasteiger partial charge in [0, 0.05) is 18.7 Å². The zero-order valence-electron chi connectivity index (χ0n) is 14.0. The summed E-state index contributed by atoms with van der Waals surface area (Å²) in [4.78, 5) is 33.7. The Morgan fingerprint density at radius 3 is 2.54 bits per heavy atom. The zero-order valence-corrected chi connectivity index (χ0v) is 14.0. The first kappa shape index (κ1) is 18.9. The van der Waals surface area contributed by atoms with E-state index in [0.717, 1.165) is 25.0 Å². The summed E-state index contributed by atoms with van der Waals surface area (Å²) < 4.78 is 4.89. The fraction of sp³-hybridized carbons (Fsp3) is 0.222. The predicted octanol–water partition coefficient (Wildman–Crippen LogP) is 2.08. The lowest BCUT2D eigenvalue weighted by Crippen LogP contribution is -2.30. The Hall–Kier alpha value is -3.42. The Bertz CT molecular complexity index is 793. The Balaban J connectivity index is 1.73. The number of ether oxygens (including phenoxy) is 1. The van der Waals surface area contributed by atoms with Gasteiger partial charge in [0.1, 0.15) is 0 Å². The van der Waals surface area contributed by atoms with Crippen LogP contribution in [-0.4, -0.2) is 30.0 Å². The number of benzene rings is 2. The number of aryl methyl sites for hydroxylation is 1. The van der Waals surface area contributed by atoms with Gasteiger partial charge in [-0.1, -0.05) is 30.3 Å². The number of nitro groups is 1. The van der Waals surface area contributed by atoms with Gasteiger partial charge in [0.2, 0.25) is 0 Å². The number of nitrogen functional groups attached to an aromatic ring is 1. The Labute approximate surface area is 150 Å². The maximum Gasteiger partial charge on any atom is 0.340 e. The minimum Gasteiger partial charge on any atom is -0.452 e. The molecule has 136 valence electrons. The van der Waals surface area contributed by atoms with Crippen LogP contribution < -0.4 is 11.1 Å². The van der Waals surface area contributed by atoms with Crippen LogP contribution in [0.3, 0.4) is 0 Å². The number of nitro benzene ring substituents is 1. The second-order valence-electron chi connectivity index (χ2n) is 5.54. The topological polar surface area (TPSA) is 125 Å². The van der Waals surface area contributed by atoms with Gasteiger partial charge >= 0.3 is 5.97 Å². The molecule has 0 aromatic heterocycles. The SMILES string of the molecule is Nc1cc([N+](=O)[O-])ccc1C(=O)OCC(=O)NCCCc1ccccc1. The highest BCUT2D eigenvalue weighted by Gasteiger charge is 2.16. The molecule has 0 heterocycles. The molecule has 8 nitrogen and oxygen atoms in total. The van der Waals surface area contributed by atoms with Crippen LogP contribution in [0.2, 0.25) is 0 Å². The number of hydrogen-bond acceptors (Lipinski definition) is 6. The molecule has 0 aliphatic rings. The molecule has 0 unspecified atom stereocenters. The van der Waals surface area contributed by atoms with Gasteiger partial charge in [0.05, 0.1) is 16.2 Å². The molecule has 2 rings (SSSR count). The standard InChI is InChI=1S/C18H19N3O5/c19-16-11-14(21(24)25)8-9-15(16)18(23)26-12-17(22)20-10-4-7-13-5-2-1-3-6-13/h1-3,5-6,8-9,11H,4,7,10,12,19H2,(H,20,22). The maximum atomic E-state index is 11.9. The summed E-state index contributed by atoms with van der Waals surface area (Å²) >= 11 is 0. The highest BCUT2D eigenvalue weighted by atomic mass is 16.6. The van der Waals surface area contributed by atoms with Gasteiger partial charge in [-0.15, -0.1) is 0 Å². The zero-order chi connectivity index (χ0) is 18.9. The molecule has 2 aromatic rings. The van der Waals surface area contributed by atoms with Crippen LogP contribution in [-0.2, 0) is 16.0 Å². The summed E-state index contributed by atoms with van der Waals surface area (Å²) in [5, 5.41) is 13.3. The molecule has 26 heavy (non-hydrogen) atoms. The Morgan fingerprint density at radius 2 is 1.88 bits per heavy atom. The van der Waals surface area contributed by atoms with Crippen molar-refractivity contribution in [1.29, 1.82) is 0 Å². The number of amides is 1. The van der Waals surface area contributed by atoms with E-state index in [2.05, 4.69) is 5.32 Å². The van der Waals surface area contributed by atoms with Crippen molar-refractivity contribution >= 4 is 23.3 Å². The van der Waals surface area contributed by atoms with Gasteiger partial charge in [-0.25, -0.2) is 4.79 Å². The molecule has 2 aromatic carbocycles. The minimum absolute atomic E-state index is 0.0209. The van der Waals surface area contributed by atoms with Crippen LogP contribution in [0.25, 0.3) is 0 Å². The quantitative estimate of drug-likeness (QED) is 0.245. The molecule has 8 heteroatoms. The van der Waals surface area contributed by atoms with Crippen LogP contribution in [0.5, 0.6) is 0 Å². The van der Waals surface area contributed by atoms with Crippen LogP contribution in [0, 0.1) is 10.1 Å². The number of nitrogens with two attached hydrogens (primary N) is 1. The number of hydrogen-bond donors (Lipinski definition) is 2. The van der Waals surface area contributed by atoms with Crippen molar-refractivity contribution in [2.75, 3.05) is 18.9 Å². The number of carbonyl (C=O) groups is 2. The van der Waals surface area contributed by atoms with Crippen LogP contribution in [0.15, 0.2) is 48.5 Å². The Kier molecular flexibility index (Phi) is 6.67. The van der Waals surface area contributed by atoms with Gasteiger partial charge in [-0.05, 0) is 24.5 Å². The molecule has 3 N–H and O–H groups in total. The van der Waals surface area contributed by atoms with Gasteiger partial charge in [-0.3, -0.25) is 14.9 Å². The second kappa shape index (κ2) is 9.16. The van der Waals surface area contributed by atoms with E-state index in [4.69, 9.17) is 10.5 Å². The van der Waals surface area contributed by atoms with E-state index in [-0.39, 0.29) is 16.9 Å². The number of nitrogens with zero attached hydrogens (tertiary/aromatic N) is 1. The third-order valence-corrected chi connectivity index (χ3v) is 3.61. The van der Waals surface area contributed by atoms with E-state index in [9.17, 15) is 19.7 Å². The summed E-state index contributed by atoms with van der Waals surface area (Å²) in [6.45, 7) is 0.0194. The van der Waals surface area contributed by atoms with Crippen LogP contribution in [0.1, 0.15) is 22.3 Å². The summed E-state index contributed by atoms with van der Waals surface area (Å²) in [5.41, 5.74) is 6.47. The lowest BCUT2D eigenvalue weighted by atomic mass is 10.1. The molecular weight excluding hydrogens is 338 g/mol. The summed E-state index contributed by atoms with van der Waals surface area (Å²) in [6, 6.07) is 13.3. The summed E-state index contributed by atoms with van der Waals surface area (Å²) in [5.74, 6) is -1.23. The fourth-order valence-electron chi connectivity index (χ4n) is 2.27. The third kappa shape index (κ3) is 5.59. The molecule has 0 radical (unpaired) electrons. The number of nitrogens with one attached hydrogen (secondary N) is 1. The lowest BCUT2D eigenvalue weighted by Gasteiger charge is -2.08. The molecule has 0 saturated heterocycles. The molecule has 0 spiro atoms. The molecule has 0 aliphatic heterocycles. The first-order chi connectivity index (χ1) is 12.5. The minimum atomic E-state index is -0.808. The number of rotatable bonds is 8. The number of carbonyl (C=O) groups excluding carboxylic acids is 2. The van der Waals surface area contributed by atoms with Crippen LogP contribution in [0.4, 0.5) is 11.4 Å². The number of anilines is 1. The first-order valence-electron chi connectivity index (χ1n) is 7.99. The lowest BCUT2D eigenvalue weighted by molar-refractivity contribution is -0.384. The van der Waals surface area contributed by atoms with Gasteiger partial charge in [-0.2, -0.15) is 0 Å². The fourth-order valence-corrected chi connectivity index (χ4v) is 2.27. The number of non-ortho nitro benzene ring substituents is 1. The molecule has 0 bridgehead atoms. The molecule has 0 saturated carbocycles. The van der Waals surface area contributed by atoms with Crippen molar-refractivity contribution in [3.05, 3.63) is 69.8 Å². The molecule has 0 fully saturated rings. The smallest absolute Gasteiger partial charge is 0.340 e. The molecule has 0 atom stereocenters. The number of esters is 1. The highest BCUT2D eigenvalue weighted by molar-refractivity contribution is 5.96. The third-order valence-electron chi connectivity index (χ3n) is 3.61. The normalized spacial score (nSPS) is 10.2. The van der Waals surface area contributed by atoms with Crippen LogP contribution >= 0.6 is 0 Å². The summed E-state index contributed by atoms with van der Waals surface area (Å²) in [6.07, 6.45) is 1.60. The van der Waals surface area contributed by atoms with Gasteiger partial charge < -0.3 is 15.8 Å². The molecule has 1 amide bonds. The second-order valence-corrected chi connectivity index (χ2v) is 5.54. The van der Waals surface area contributed by atoms with Crippen molar-refractivity contribution in [2.45, 2.75) is 12.8 Å². The van der Waals surface area contributed by atoms with Crippen molar-refractivity contribution in [2.24, 2.45) is 0 Å². The van der Waals surface area contributed by atoms with Crippen molar-refractivity contribution in [3.8, 4) is 0 Å². The van der Waals surface area contributed by atoms with E-state index in [1.165, 1.54) is 11.6 Å². The van der Waals surface area contributed by atoms with Gasteiger partial charge in [0.25, 0.3) is 11.6 Å². The monoisotopic (exact) mass is 357 g/mol. The highest BCUT2D eigenvalue weighted by Crippen LogP contribution is 2.20. The maximum absolute atomic E-state index is 11.9. The molecular formula is C18H19N3O5. The summed E-state index contributed by atoms with van der Waals surface area (Å²) in [7, 11) is 0. The first-order valence-corrected chi connectivity index (χ1v) is 7.99. The molecule has 0 aliphatic carbocycles. The van der Waals surface area contributed by atoms with Gasteiger partial charge in [0.15, 0.2) is 6.61 Å². The average Bonchev–Trinajstić information content (AvgIpc) is 2.64. The average molecular weight is 357 g/mol. The van der Waals surface area contributed by atoms with Crippen molar-refractivity contribution in [3.63, 3.8) is 0 Å². The van der Waals surface area contributed by atoms with E-state index in [1.54, 1.807) is 0 Å². The Morgan fingerprint density at radius 1 is 1.15 bits per heavy atom. The largest absolute Gasteiger partial charge is 0.452 e. The van der Waals surface area contributed by atoms with E-state index in [0.29, 0.717) is 6.54 Å². The van der Waals surface area contributed by atoms with E-state index in [1.807, 2.05) is 30.3 Å².